The average Bonchev–Trinajstić information content (AvgIpc) is 2.39. The Kier molecular flexibility index (Phi) is 4.82. The topological polar surface area (TPSA) is 60.7 Å². The van der Waals surface area contributed by atoms with Gasteiger partial charge in [0, 0.05) is 6.07 Å². The van der Waals surface area contributed by atoms with Gasteiger partial charge in [0.15, 0.2) is 11.5 Å². The molecule has 0 unspecified atom stereocenters. The average molecular weight is 249 g/mol. The highest BCUT2D eigenvalue weighted by atomic mass is 16.6. The van der Waals surface area contributed by atoms with Gasteiger partial charge >= 0.3 is 0 Å². The molecule has 0 amide bonds. The Balaban J connectivity index is 2.10. The number of benzene rings is 1. The molecule has 5 nitrogen and oxygen atoms in total. The molecule has 0 N–H and O–H groups in total. The summed E-state index contributed by atoms with van der Waals surface area (Å²) in [5, 5.41) is 8.86. The van der Waals surface area contributed by atoms with E-state index in [1.165, 1.54) is 0 Å². The van der Waals surface area contributed by atoms with Crippen molar-refractivity contribution in [2.45, 2.75) is 0 Å². The van der Waals surface area contributed by atoms with Crippen molar-refractivity contribution < 1.29 is 18.9 Å². The van der Waals surface area contributed by atoms with Crippen LogP contribution in [0.4, 0.5) is 0 Å². The molecule has 0 aromatic heterocycles. The fourth-order valence-electron chi connectivity index (χ4n) is 1.55. The fraction of sp³-hybridized carbons (Fsp3) is 0.462. The Morgan fingerprint density at radius 2 is 1.44 bits per heavy atom. The van der Waals surface area contributed by atoms with Crippen LogP contribution in [0.15, 0.2) is 18.2 Å². The van der Waals surface area contributed by atoms with Gasteiger partial charge in [-0.2, -0.15) is 5.26 Å². The highest BCUT2D eigenvalue weighted by molar-refractivity contribution is 5.46. The number of hydrogen-bond donors (Lipinski definition) is 0. The standard InChI is InChI=1S/C13H15NO4/c14-10-11-1-2-12-13(9-11)18-8-6-16-4-3-15-5-7-17-12/h1-2,9H,3-8H2. The molecule has 1 aromatic carbocycles. The lowest BCUT2D eigenvalue weighted by Crippen LogP contribution is -2.15. The summed E-state index contributed by atoms with van der Waals surface area (Å²) in [6.07, 6.45) is 0. The van der Waals surface area contributed by atoms with E-state index in [0.717, 1.165) is 0 Å². The van der Waals surface area contributed by atoms with E-state index < -0.39 is 0 Å². The molecular weight excluding hydrogens is 234 g/mol. The second kappa shape index (κ2) is 6.84. The van der Waals surface area contributed by atoms with E-state index in [0.29, 0.717) is 56.7 Å². The van der Waals surface area contributed by atoms with Crippen molar-refractivity contribution in [3.8, 4) is 17.6 Å². The third-order valence-electron chi connectivity index (χ3n) is 2.42. The maximum Gasteiger partial charge on any atom is 0.162 e. The number of fused-ring (bicyclic) bond motifs is 1. The molecular formula is C13H15NO4. The number of nitrogens with zero attached hydrogens (tertiary/aromatic N) is 1. The Bertz CT molecular complexity index is 427. The minimum atomic E-state index is 0.422. The molecule has 1 aliphatic heterocycles. The minimum absolute atomic E-state index is 0.422. The highest BCUT2D eigenvalue weighted by Gasteiger charge is 2.08. The normalized spacial score (nSPS) is 17.1. The molecule has 0 spiro atoms. The second-order valence-corrected chi connectivity index (χ2v) is 3.69. The van der Waals surface area contributed by atoms with Crippen LogP contribution in [-0.2, 0) is 9.47 Å². The largest absolute Gasteiger partial charge is 0.487 e. The molecule has 5 heteroatoms. The summed E-state index contributed by atoms with van der Waals surface area (Å²) in [5.74, 6) is 1.19. The first-order valence-corrected chi connectivity index (χ1v) is 5.85. The van der Waals surface area contributed by atoms with Crippen molar-refractivity contribution in [2.24, 2.45) is 0 Å². The fourth-order valence-corrected chi connectivity index (χ4v) is 1.55. The lowest BCUT2D eigenvalue weighted by atomic mass is 10.2. The van der Waals surface area contributed by atoms with Crippen LogP contribution in [0.1, 0.15) is 5.56 Å². The molecule has 1 heterocycles. The molecule has 1 aromatic rings. The molecule has 0 fully saturated rings. The number of nitriles is 1. The Morgan fingerprint density at radius 3 is 2.11 bits per heavy atom. The van der Waals surface area contributed by atoms with Gasteiger partial charge < -0.3 is 18.9 Å². The first-order valence-electron chi connectivity index (χ1n) is 5.85. The summed E-state index contributed by atoms with van der Waals surface area (Å²) in [4.78, 5) is 0. The van der Waals surface area contributed by atoms with Gasteiger partial charge in [-0.15, -0.1) is 0 Å². The third kappa shape index (κ3) is 3.62. The first-order chi connectivity index (χ1) is 8.90. The van der Waals surface area contributed by atoms with E-state index in [1.54, 1.807) is 18.2 Å². The van der Waals surface area contributed by atoms with Gasteiger partial charge in [-0.3, -0.25) is 0 Å². The van der Waals surface area contributed by atoms with Crippen LogP contribution in [0.5, 0.6) is 11.5 Å². The predicted octanol–water partition coefficient (Wildman–Crippen LogP) is 1.36. The zero-order valence-corrected chi connectivity index (χ0v) is 10.1. The molecule has 1 aliphatic rings. The monoisotopic (exact) mass is 249 g/mol. The quantitative estimate of drug-likeness (QED) is 0.694. The van der Waals surface area contributed by atoms with Crippen LogP contribution in [-0.4, -0.2) is 39.6 Å². The zero-order valence-electron chi connectivity index (χ0n) is 10.1. The van der Waals surface area contributed by atoms with Crippen molar-refractivity contribution in [1.82, 2.24) is 0 Å². The van der Waals surface area contributed by atoms with Crippen LogP contribution in [0.25, 0.3) is 0 Å². The third-order valence-corrected chi connectivity index (χ3v) is 2.42. The molecule has 0 radical (unpaired) electrons. The molecule has 0 aliphatic carbocycles. The molecule has 0 saturated carbocycles. The molecule has 96 valence electrons. The van der Waals surface area contributed by atoms with Crippen LogP contribution in [0.2, 0.25) is 0 Å². The predicted molar refractivity (Wildman–Crippen MR) is 63.8 cm³/mol. The Hall–Kier alpha value is -1.77. The lowest BCUT2D eigenvalue weighted by molar-refractivity contribution is 0.0223. The number of hydrogen-bond acceptors (Lipinski definition) is 5. The Morgan fingerprint density at radius 1 is 0.833 bits per heavy atom. The molecule has 0 bridgehead atoms. The molecule has 0 atom stereocenters. The van der Waals surface area contributed by atoms with Crippen molar-refractivity contribution >= 4 is 0 Å². The van der Waals surface area contributed by atoms with Gasteiger partial charge in [0.1, 0.15) is 13.2 Å². The summed E-state index contributed by atoms with van der Waals surface area (Å²) in [7, 11) is 0. The maximum atomic E-state index is 8.86. The summed E-state index contributed by atoms with van der Waals surface area (Å²) < 4.78 is 21.8. The highest BCUT2D eigenvalue weighted by Crippen LogP contribution is 2.28. The van der Waals surface area contributed by atoms with E-state index >= 15 is 0 Å². The second-order valence-electron chi connectivity index (χ2n) is 3.69. The SMILES string of the molecule is N#Cc1ccc2c(c1)OCCOCCOCCO2. The van der Waals surface area contributed by atoms with E-state index in [1.807, 2.05) is 0 Å². The van der Waals surface area contributed by atoms with Gasteiger partial charge in [0.25, 0.3) is 0 Å². The number of ether oxygens (including phenoxy) is 4. The minimum Gasteiger partial charge on any atom is -0.487 e. The van der Waals surface area contributed by atoms with E-state index in [4.69, 9.17) is 24.2 Å². The van der Waals surface area contributed by atoms with Crippen molar-refractivity contribution in [1.29, 1.82) is 5.26 Å². The van der Waals surface area contributed by atoms with Crippen LogP contribution in [0.3, 0.4) is 0 Å². The van der Waals surface area contributed by atoms with Gasteiger partial charge in [-0.05, 0) is 12.1 Å². The summed E-state index contributed by atoms with van der Waals surface area (Å²) in [6, 6.07) is 7.18. The van der Waals surface area contributed by atoms with Gasteiger partial charge in [0.2, 0.25) is 0 Å². The van der Waals surface area contributed by atoms with E-state index in [-0.39, 0.29) is 0 Å². The summed E-state index contributed by atoms with van der Waals surface area (Å²) in [6.45, 7) is 2.97. The summed E-state index contributed by atoms with van der Waals surface area (Å²) in [5.41, 5.74) is 0.543. The Labute approximate surface area is 106 Å². The summed E-state index contributed by atoms with van der Waals surface area (Å²) >= 11 is 0. The van der Waals surface area contributed by atoms with Crippen molar-refractivity contribution in [3.63, 3.8) is 0 Å². The van der Waals surface area contributed by atoms with Gasteiger partial charge in [0.05, 0.1) is 38.1 Å². The maximum absolute atomic E-state index is 8.86. The smallest absolute Gasteiger partial charge is 0.162 e. The molecule has 0 saturated heterocycles. The van der Waals surface area contributed by atoms with Crippen molar-refractivity contribution in [2.75, 3.05) is 39.6 Å². The number of rotatable bonds is 0. The van der Waals surface area contributed by atoms with Gasteiger partial charge in [-0.1, -0.05) is 0 Å². The van der Waals surface area contributed by atoms with Crippen molar-refractivity contribution in [3.05, 3.63) is 23.8 Å². The van der Waals surface area contributed by atoms with Gasteiger partial charge in [-0.25, -0.2) is 0 Å². The zero-order chi connectivity index (χ0) is 12.6. The molecule has 2 rings (SSSR count). The van der Waals surface area contributed by atoms with E-state index in [9.17, 15) is 0 Å². The van der Waals surface area contributed by atoms with Crippen LogP contribution < -0.4 is 9.47 Å². The first kappa shape index (κ1) is 12.7. The van der Waals surface area contributed by atoms with E-state index in [2.05, 4.69) is 6.07 Å². The van der Waals surface area contributed by atoms with Crippen LogP contribution >= 0.6 is 0 Å². The lowest BCUT2D eigenvalue weighted by Gasteiger charge is -2.15. The molecule has 18 heavy (non-hydrogen) atoms. The van der Waals surface area contributed by atoms with Crippen LogP contribution in [0, 0.1) is 11.3 Å².